The molecule has 0 radical (unpaired) electrons. The summed E-state index contributed by atoms with van der Waals surface area (Å²) in [6, 6.07) is 4.73. The van der Waals surface area contributed by atoms with Crippen LogP contribution < -0.4 is 16.4 Å². The molecule has 27 heavy (non-hydrogen) atoms. The molecule has 8 nitrogen and oxygen atoms in total. The third-order valence-electron chi connectivity index (χ3n) is 4.80. The van der Waals surface area contributed by atoms with E-state index in [1.807, 2.05) is 6.92 Å². The van der Waals surface area contributed by atoms with Crippen molar-refractivity contribution in [3.63, 3.8) is 0 Å². The number of nitrogens with zero attached hydrogens (tertiary/aromatic N) is 2. The SMILES string of the molecule is Cc1nc(CCNC(=O)c2ccc3[nH]c(=O)c(=O)[nH]c3c2)nc2c1CCC2. The van der Waals surface area contributed by atoms with E-state index in [1.54, 1.807) is 12.1 Å². The molecule has 1 amide bonds. The maximum absolute atomic E-state index is 12.4. The summed E-state index contributed by atoms with van der Waals surface area (Å²) in [6.45, 7) is 2.42. The summed E-state index contributed by atoms with van der Waals surface area (Å²) in [5.41, 5.74) is 3.25. The van der Waals surface area contributed by atoms with E-state index in [9.17, 15) is 14.4 Å². The van der Waals surface area contributed by atoms with Gasteiger partial charge in [-0.2, -0.15) is 0 Å². The molecule has 3 aromatic rings. The van der Waals surface area contributed by atoms with Crippen molar-refractivity contribution in [2.75, 3.05) is 6.54 Å². The zero-order valence-corrected chi connectivity index (χ0v) is 14.9. The van der Waals surface area contributed by atoms with Crippen molar-refractivity contribution < 1.29 is 4.79 Å². The fourth-order valence-corrected chi connectivity index (χ4v) is 3.44. The highest BCUT2D eigenvalue weighted by Gasteiger charge is 2.17. The second kappa shape index (κ2) is 6.79. The molecule has 0 aliphatic heterocycles. The summed E-state index contributed by atoms with van der Waals surface area (Å²) in [7, 11) is 0. The van der Waals surface area contributed by atoms with Crippen molar-refractivity contribution in [1.29, 1.82) is 0 Å². The van der Waals surface area contributed by atoms with E-state index < -0.39 is 11.1 Å². The lowest BCUT2D eigenvalue weighted by atomic mass is 10.1. The van der Waals surface area contributed by atoms with Crippen LogP contribution in [0, 0.1) is 6.92 Å². The second-order valence-corrected chi connectivity index (χ2v) is 6.68. The molecular weight excluding hydrogens is 346 g/mol. The molecule has 3 N–H and O–H groups in total. The van der Waals surface area contributed by atoms with Crippen molar-refractivity contribution >= 4 is 16.9 Å². The molecule has 4 rings (SSSR count). The van der Waals surface area contributed by atoms with E-state index in [2.05, 4.69) is 25.3 Å². The Morgan fingerprint density at radius 3 is 2.70 bits per heavy atom. The molecule has 0 saturated heterocycles. The third kappa shape index (κ3) is 3.38. The monoisotopic (exact) mass is 365 g/mol. The van der Waals surface area contributed by atoms with Crippen LogP contribution in [0.1, 0.15) is 39.6 Å². The van der Waals surface area contributed by atoms with Crippen molar-refractivity contribution in [2.45, 2.75) is 32.6 Å². The fraction of sp³-hybridized carbons (Fsp3) is 0.316. The molecule has 138 valence electrons. The minimum atomic E-state index is -0.746. The third-order valence-corrected chi connectivity index (χ3v) is 4.80. The number of amides is 1. The molecule has 0 spiro atoms. The van der Waals surface area contributed by atoms with E-state index in [0.29, 0.717) is 29.6 Å². The van der Waals surface area contributed by atoms with Crippen LogP contribution in [0.25, 0.3) is 11.0 Å². The molecule has 2 aromatic heterocycles. The molecule has 0 atom stereocenters. The summed E-state index contributed by atoms with van der Waals surface area (Å²) in [5.74, 6) is 0.482. The van der Waals surface area contributed by atoms with Crippen molar-refractivity contribution in [3.05, 3.63) is 67.2 Å². The Bertz CT molecular complexity index is 1160. The van der Waals surface area contributed by atoms with Gasteiger partial charge in [0.15, 0.2) is 0 Å². The zero-order chi connectivity index (χ0) is 19.0. The van der Waals surface area contributed by atoms with Gasteiger partial charge in [0.25, 0.3) is 5.91 Å². The number of carbonyl (C=O) groups is 1. The molecule has 1 aliphatic rings. The Morgan fingerprint density at radius 1 is 1.11 bits per heavy atom. The van der Waals surface area contributed by atoms with E-state index >= 15 is 0 Å². The fourth-order valence-electron chi connectivity index (χ4n) is 3.44. The maximum atomic E-state index is 12.4. The number of H-pyrrole nitrogens is 2. The second-order valence-electron chi connectivity index (χ2n) is 6.68. The van der Waals surface area contributed by atoms with E-state index in [4.69, 9.17) is 0 Å². The van der Waals surface area contributed by atoms with Gasteiger partial charge in [-0.1, -0.05) is 0 Å². The van der Waals surface area contributed by atoms with Crippen molar-refractivity contribution in [1.82, 2.24) is 25.3 Å². The first-order valence-corrected chi connectivity index (χ1v) is 8.91. The Balaban J connectivity index is 1.44. The van der Waals surface area contributed by atoms with Crippen LogP contribution in [-0.4, -0.2) is 32.4 Å². The number of rotatable bonds is 4. The zero-order valence-electron chi connectivity index (χ0n) is 14.9. The number of aromatic amines is 2. The Hall–Kier alpha value is -3.29. The molecule has 0 unspecified atom stereocenters. The van der Waals surface area contributed by atoms with Gasteiger partial charge in [0.2, 0.25) is 0 Å². The van der Waals surface area contributed by atoms with Crippen LogP contribution in [0.4, 0.5) is 0 Å². The average Bonchev–Trinajstić information content (AvgIpc) is 3.11. The number of hydrogen-bond donors (Lipinski definition) is 3. The van der Waals surface area contributed by atoms with E-state index in [-0.39, 0.29) is 5.91 Å². The summed E-state index contributed by atoms with van der Waals surface area (Å²) >= 11 is 0. The summed E-state index contributed by atoms with van der Waals surface area (Å²) < 4.78 is 0. The predicted octanol–water partition coefficient (Wildman–Crippen LogP) is 0.776. The predicted molar refractivity (Wildman–Crippen MR) is 100 cm³/mol. The van der Waals surface area contributed by atoms with Gasteiger partial charge in [-0.05, 0) is 49.9 Å². The number of aromatic nitrogens is 4. The number of hydrogen-bond acceptors (Lipinski definition) is 5. The first-order valence-electron chi connectivity index (χ1n) is 8.91. The smallest absolute Gasteiger partial charge is 0.314 e. The first-order chi connectivity index (χ1) is 13.0. The van der Waals surface area contributed by atoms with Gasteiger partial charge in [0.05, 0.1) is 11.0 Å². The lowest BCUT2D eigenvalue weighted by molar-refractivity contribution is 0.0954. The highest BCUT2D eigenvalue weighted by Crippen LogP contribution is 2.22. The van der Waals surface area contributed by atoms with Crippen molar-refractivity contribution in [3.8, 4) is 0 Å². The Labute approximate surface area is 154 Å². The normalized spacial score (nSPS) is 12.9. The maximum Gasteiger partial charge on any atom is 0.314 e. The molecule has 1 aromatic carbocycles. The highest BCUT2D eigenvalue weighted by molar-refractivity contribution is 5.97. The molecule has 0 saturated carbocycles. The van der Waals surface area contributed by atoms with Gasteiger partial charge >= 0.3 is 11.1 Å². The number of carbonyl (C=O) groups excluding carboxylic acids is 1. The van der Waals surface area contributed by atoms with Gasteiger partial charge < -0.3 is 15.3 Å². The molecule has 1 aliphatic carbocycles. The van der Waals surface area contributed by atoms with Crippen LogP contribution in [0.5, 0.6) is 0 Å². The number of nitrogens with one attached hydrogen (secondary N) is 3. The number of fused-ring (bicyclic) bond motifs is 2. The van der Waals surface area contributed by atoms with Crippen LogP contribution in [0.15, 0.2) is 27.8 Å². The summed E-state index contributed by atoms with van der Waals surface area (Å²) in [4.78, 5) is 49.2. The molecular formula is C19H19N5O3. The van der Waals surface area contributed by atoms with Crippen LogP contribution in [0.2, 0.25) is 0 Å². The molecule has 0 fully saturated rings. The minimum Gasteiger partial charge on any atom is -0.352 e. The van der Waals surface area contributed by atoms with Gasteiger partial charge in [-0.25, -0.2) is 9.97 Å². The van der Waals surface area contributed by atoms with Crippen LogP contribution in [0.3, 0.4) is 0 Å². The van der Waals surface area contributed by atoms with Crippen molar-refractivity contribution in [2.24, 2.45) is 0 Å². The summed E-state index contributed by atoms with van der Waals surface area (Å²) in [5, 5.41) is 2.84. The standard InChI is InChI=1S/C19H19N5O3/c1-10-12-3-2-4-13(12)22-16(21-10)7-8-20-17(25)11-5-6-14-15(9-11)24-19(27)18(26)23-14/h5-6,9H,2-4,7-8H2,1H3,(H,20,25)(H,23,26)(H,24,27). The lowest BCUT2D eigenvalue weighted by Crippen LogP contribution is -2.29. The quantitative estimate of drug-likeness (QED) is 0.590. The average molecular weight is 365 g/mol. The minimum absolute atomic E-state index is 0.262. The van der Waals surface area contributed by atoms with Gasteiger partial charge in [0, 0.05) is 29.9 Å². The van der Waals surface area contributed by atoms with Gasteiger partial charge in [0.1, 0.15) is 5.82 Å². The van der Waals surface area contributed by atoms with E-state index in [0.717, 1.165) is 36.5 Å². The van der Waals surface area contributed by atoms with Gasteiger partial charge in [-0.3, -0.25) is 14.4 Å². The Morgan fingerprint density at radius 2 is 1.89 bits per heavy atom. The lowest BCUT2D eigenvalue weighted by Gasteiger charge is -2.08. The Kier molecular flexibility index (Phi) is 4.31. The van der Waals surface area contributed by atoms with Gasteiger partial charge in [-0.15, -0.1) is 0 Å². The number of benzene rings is 1. The van der Waals surface area contributed by atoms with Crippen LogP contribution >= 0.6 is 0 Å². The van der Waals surface area contributed by atoms with E-state index in [1.165, 1.54) is 11.6 Å². The first kappa shape index (κ1) is 17.1. The topological polar surface area (TPSA) is 121 Å². The molecule has 8 heteroatoms. The number of aryl methyl sites for hydroxylation is 2. The largest absolute Gasteiger partial charge is 0.352 e. The highest BCUT2D eigenvalue weighted by atomic mass is 16.2. The molecule has 2 heterocycles. The van der Waals surface area contributed by atoms with Crippen LogP contribution in [-0.2, 0) is 19.3 Å². The molecule has 0 bridgehead atoms. The summed E-state index contributed by atoms with van der Waals surface area (Å²) in [6.07, 6.45) is 3.72.